The van der Waals surface area contributed by atoms with Crippen LogP contribution < -0.4 is 9.64 Å². The fourth-order valence-electron chi connectivity index (χ4n) is 4.52. The summed E-state index contributed by atoms with van der Waals surface area (Å²) in [4.78, 5) is 35.3. The number of nitriles is 1. The molecule has 2 atom stereocenters. The molecular formula is C26H20ClFN4O3S. The van der Waals surface area contributed by atoms with E-state index in [-0.39, 0.29) is 23.1 Å². The van der Waals surface area contributed by atoms with Crippen LogP contribution in [-0.4, -0.2) is 46.8 Å². The third-order valence-corrected chi connectivity index (χ3v) is 7.89. The van der Waals surface area contributed by atoms with E-state index in [1.165, 1.54) is 42.1 Å². The number of halogens is 2. The van der Waals surface area contributed by atoms with Gasteiger partial charge in [0.05, 0.1) is 36.1 Å². The predicted octanol–water partition coefficient (Wildman–Crippen LogP) is 5.63. The third kappa shape index (κ3) is 4.06. The number of urea groups is 1. The van der Waals surface area contributed by atoms with E-state index in [2.05, 4.69) is 11.1 Å². The monoisotopic (exact) mass is 522 g/mol. The second-order valence-electron chi connectivity index (χ2n) is 8.32. The van der Waals surface area contributed by atoms with Gasteiger partial charge in [0, 0.05) is 40.4 Å². The van der Waals surface area contributed by atoms with Crippen LogP contribution in [0.4, 0.5) is 14.9 Å². The van der Waals surface area contributed by atoms with E-state index in [1.807, 2.05) is 30.3 Å². The third-order valence-electron chi connectivity index (χ3n) is 6.23. The molecule has 10 heteroatoms. The highest BCUT2D eigenvalue weighted by molar-refractivity contribution is 8.09. The summed E-state index contributed by atoms with van der Waals surface area (Å²) in [7, 11) is 1.36. The van der Waals surface area contributed by atoms with Gasteiger partial charge in [-0.2, -0.15) is 5.26 Å². The Hall–Kier alpha value is -3.61. The number of fused-ring (bicyclic) bond motifs is 2. The molecule has 2 unspecified atom stereocenters. The number of thioether (sulfide) groups is 1. The number of imide groups is 1. The first-order valence-electron chi connectivity index (χ1n) is 11.2. The zero-order valence-corrected chi connectivity index (χ0v) is 20.7. The molecule has 0 spiro atoms. The Labute approximate surface area is 216 Å². The van der Waals surface area contributed by atoms with E-state index in [0.717, 1.165) is 10.8 Å². The predicted molar refractivity (Wildman–Crippen MR) is 137 cm³/mol. The van der Waals surface area contributed by atoms with Gasteiger partial charge in [0.2, 0.25) is 0 Å². The maximum Gasteiger partial charge on any atom is 0.332 e. The van der Waals surface area contributed by atoms with E-state index < -0.39 is 23.1 Å². The van der Waals surface area contributed by atoms with Crippen molar-refractivity contribution in [3.05, 3.63) is 71.3 Å². The van der Waals surface area contributed by atoms with E-state index in [1.54, 1.807) is 11.1 Å². The average Bonchev–Trinajstić information content (AvgIpc) is 3.32. The molecule has 3 amide bonds. The molecule has 0 bridgehead atoms. The first-order chi connectivity index (χ1) is 17.4. The van der Waals surface area contributed by atoms with Gasteiger partial charge in [-0.25, -0.2) is 14.1 Å². The van der Waals surface area contributed by atoms with Crippen LogP contribution in [0.2, 0.25) is 5.02 Å². The molecule has 1 fully saturated rings. The lowest BCUT2D eigenvalue weighted by Crippen LogP contribution is -2.62. The molecule has 0 saturated carbocycles. The van der Waals surface area contributed by atoms with Gasteiger partial charge in [-0.3, -0.25) is 9.78 Å². The van der Waals surface area contributed by atoms with Crippen molar-refractivity contribution in [2.45, 2.75) is 24.1 Å². The number of hydrogen-bond acceptors (Lipinski definition) is 6. The van der Waals surface area contributed by atoms with E-state index >= 15 is 0 Å². The minimum atomic E-state index is -0.647. The Bertz CT molecular complexity index is 1450. The Morgan fingerprint density at radius 1 is 1.25 bits per heavy atom. The summed E-state index contributed by atoms with van der Waals surface area (Å²) in [6, 6.07) is 11.2. The molecule has 3 heterocycles. The summed E-state index contributed by atoms with van der Waals surface area (Å²) >= 11 is 7.63. The Balaban J connectivity index is 1.58. The van der Waals surface area contributed by atoms with Crippen molar-refractivity contribution in [2.75, 3.05) is 18.6 Å². The second kappa shape index (κ2) is 9.80. The molecule has 1 saturated heterocycles. The van der Waals surface area contributed by atoms with Crippen molar-refractivity contribution in [1.29, 1.82) is 5.26 Å². The first kappa shape index (κ1) is 24.1. The summed E-state index contributed by atoms with van der Waals surface area (Å²) < 4.78 is 19.3. The fraction of sp³-hybridized carbons (Fsp3) is 0.231. The maximum atomic E-state index is 14.1. The molecule has 7 nitrogen and oxygen atoms in total. The second-order valence-corrected chi connectivity index (χ2v) is 9.91. The summed E-state index contributed by atoms with van der Waals surface area (Å²) in [5, 5.41) is 10.1. The minimum Gasteiger partial charge on any atom is -0.494 e. The summed E-state index contributed by atoms with van der Waals surface area (Å²) in [5.41, 5.74) is 0.923. The number of carbonyl (C=O) groups excluding carboxylic acids is 2. The largest absolute Gasteiger partial charge is 0.494 e. The van der Waals surface area contributed by atoms with E-state index in [0.29, 0.717) is 29.1 Å². The summed E-state index contributed by atoms with van der Waals surface area (Å²) in [5.74, 6) is -0.935. The van der Waals surface area contributed by atoms with Crippen LogP contribution in [-0.2, 0) is 4.79 Å². The zero-order chi connectivity index (χ0) is 25.4. The Morgan fingerprint density at radius 3 is 2.83 bits per heavy atom. The van der Waals surface area contributed by atoms with E-state index in [4.69, 9.17) is 21.6 Å². The standard InChI is InChI=1S/C26H20ClFN4O3S/c1-35-22-10-17(18(27)11-19(22)28)23-12-20-24(36-23)25(33)32(26(34)31(20)9-5-4-8-29)21-14-30-13-15-6-2-3-7-16(15)21/h2-3,6-7,10-14,20,24H,4-5,9H2,1H3. The lowest BCUT2D eigenvalue weighted by Gasteiger charge is -2.41. The van der Waals surface area contributed by atoms with Gasteiger partial charge in [0.25, 0.3) is 5.91 Å². The number of unbranched alkanes of at least 4 members (excludes halogenated alkanes) is 1. The van der Waals surface area contributed by atoms with Crippen molar-refractivity contribution in [2.24, 2.45) is 0 Å². The topological polar surface area (TPSA) is 86.5 Å². The molecular weight excluding hydrogens is 503 g/mol. The average molecular weight is 523 g/mol. The normalized spacial score (nSPS) is 19.3. The van der Waals surface area contributed by atoms with Crippen molar-refractivity contribution < 1.29 is 18.7 Å². The molecule has 2 aromatic carbocycles. The van der Waals surface area contributed by atoms with Gasteiger partial charge >= 0.3 is 6.03 Å². The molecule has 1 aromatic heterocycles. The van der Waals surface area contributed by atoms with Gasteiger partial charge in [0.15, 0.2) is 11.6 Å². The number of hydrogen-bond donors (Lipinski definition) is 0. The zero-order valence-electron chi connectivity index (χ0n) is 19.1. The smallest absolute Gasteiger partial charge is 0.332 e. The number of anilines is 1. The molecule has 2 aliphatic heterocycles. The number of pyridine rings is 1. The Kier molecular flexibility index (Phi) is 6.56. The van der Waals surface area contributed by atoms with Gasteiger partial charge in [-0.05, 0) is 24.6 Å². The SMILES string of the molecule is COc1cc(C2=CC3C(S2)C(=O)N(c2cncc4ccccc24)C(=O)N3CCCC#N)c(Cl)cc1F. The number of carbonyl (C=O) groups is 2. The van der Waals surface area contributed by atoms with Crippen LogP contribution in [0.5, 0.6) is 5.75 Å². The first-order valence-corrected chi connectivity index (χ1v) is 12.5. The van der Waals surface area contributed by atoms with Crippen molar-refractivity contribution in [1.82, 2.24) is 9.88 Å². The van der Waals surface area contributed by atoms with Gasteiger partial charge < -0.3 is 9.64 Å². The molecule has 0 radical (unpaired) electrons. The van der Waals surface area contributed by atoms with Gasteiger partial charge in [-0.1, -0.05) is 35.9 Å². The van der Waals surface area contributed by atoms with Crippen molar-refractivity contribution in [3.63, 3.8) is 0 Å². The Morgan fingerprint density at radius 2 is 2.06 bits per heavy atom. The lowest BCUT2D eigenvalue weighted by atomic mass is 10.0. The molecule has 3 aromatic rings. The van der Waals surface area contributed by atoms with Crippen LogP contribution in [0.1, 0.15) is 18.4 Å². The highest BCUT2D eigenvalue weighted by Gasteiger charge is 2.50. The summed E-state index contributed by atoms with van der Waals surface area (Å²) in [6.45, 7) is 0.292. The minimum absolute atomic E-state index is 0.0301. The molecule has 0 N–H and O–H groups in total. The molecule has 182 valence electrons. The van der Waals surface area contributed by atoms with Crippen LogP contribution in [0.15, 0.2) is 54.9 Å². The molecule has 5 rings (SSSR count). The number of methoxy groups -OCH3 is 1. The number of aromatic nitrogens is 1. The van der Waals surface area contributed by atoms with E-state index in [9.17, 15) is 14.0 Å². The number of ether oxygens (including phenoxy) is 1. The van der Waals surface area contributed by atoms with Crippen LogP contribution in [0.25, 0.3) is 15.7 Å². The van der Waals surface area contributed by atoms with Crippen molar-refractivity contribution in [3.8, 4) is 11.8 Å². The van der Waals surface area contributed by atoms with Crippen LogP contribution in [0, 0.1) is 17.1 Å². The van der Waals surface area contributed by atoms with Crippen LogP contribution in [0.3, 0.4) is 0 Å². The lowest BCUT2D eigenvalue weighted by molar-refractivity contribution is -0.119. The number of amides is 3. The quantitative estimate of drug-likeness (QED) is 0.390. The number of rotatable bonds is 6. The molecule has 36 heavy (non-hydrogen) atoms. The molecule has 2 aliphatic rings. The number of nitrogens with zero attached hydrogens (tertiary/aromatic N) is 4. The van der Waals surface area contributed by atoms with Gasteiger partial charge in [-0.15, -0.1) is 11.8 Å². The van der Waals surface area contributed by atoms with Crippen LogP contribution >= 0.6 is 23.4 Å². The number of benzene rings is 2. The molecule has 0 aliphatic carbocycles. The van der Waals surface area contributed by atoms with Crippen molar-refractivity contribution >= 4 is 56.7 Å². The maximum absolute atomic E-state index is 14.1. The summed E-state index contributed by atoms with van der Waals surface area (Å²) in [6.07, 6.45) is 5.74. The van der Waals surface area contributed by atoms with Gasteiger partial charge in [0.1, 0.15) is 5.25 Å². The highest BCUT2D eigenvalue weighted by atomic mass is 35.5. The highest BCUT2D eigenvalue weighted by Crippen LogP contribution is 2.48. The fourth-order valence-corrected chi connectivity index (χ4v) is 6.18.